The Morgan fingerprint density at radius 3 is 2.65 bits per heavy atom. The summed E-state index contributed by atoms with van der Waals surface area (Å²) in [6.45, 7) is 2.05. The quantitative estimate of drug-likeness (QED) is 0.488. The van der Waals surface area contributed by atoms with Gasteiger partial charge >= 0.3 is 0 Å². The third kappa shape index (κ3) is 2.83. The molecular weight excluding hydrogens is 391 g/mol. The van der Waals surface area contributed by atoms with E-state index in [9.17, 15) is 4.39 Å². The minimum atomic E-state index is -0.476. The molecule has 0 bridgehead atoms. The van der Waals surface area contributed by atoms with Gasteiger partial charge in [-0.3, -0.25) is 0 Å². The third-order valence-corrected chi connectivity index (χ3v) is 5.84. The van der Waals surface area contributed by atoms with Crippen molar-refractivity contribution in [1.82, 2.24) is 14.8 Å². The Hall–Kier alpha value is -3.93. The van der Waals surface area contributed by atoms with Crippen LogP contribution in [0.3, 0.4) is 0 Å². The van der Waals surface area contributed by atoms with Crippen molar-refractivity contribution < 1.29 is 9.13 Å². The van der Waals surface area contributed by atoms with E-state index in [2.05, 4.69) is 40.5 Å². The van der Waals surface area contributed by atoms with E-state index in [0.717, 1.165) is 39.3 Å². The molecule has 2 aliphatic rings. The van der Waals surface area contributed by atoms with Crippen molar-refractivity contribution in [1.29, 1.82) is 0 Å². The number of halogens is 1. The van der Waals surface area contributed by atoms with Crippen LogP contribution in [0.4, 0.5) is 10.3 Å². The second kappa shape index (κ2) is 6.80. The zero-order valence-corrected chi connectivity index (χ0v) is 16.8. The van der Waals surface area contributed by atoms with Gasteiger partial charge in [-0.1, -0.05) is 54.1 Å². The van der Waals surface area contributed by atoms with Gasteiger partial charge < -0.3 is 10.1 Å². The van der Waals surface area contributed by atoms with Crippen LogP contribution < -0.4 is 10.1 Å². The molecule has 3 heterocycles. The number of nitrogens with one attached hydrogen (secondary N) is 1. The highest BCUT2D eigenvalue weighted by Gasteiger charge is 2.40. The molecule has 31 heavy (non-hydrogen) atoms. The van der Waals surface area contributed by atoms with Crippen molar-refractivity contribution in [2.24, 2.45) is 0 Å². The van der Waals surface area contributed by atoms with Crippen LogP contribution in [0.1, 0.15) is 34.4 Å². The van der Waals surface area contributed by atoms with Gasteiger partial charge in [-0.25, -0.2) is 9.07 Å². The molecule has 1 N–H and O–H groups in total. The van der Waals surface area contributed by atoms with Crippen molar-refractivity contribution in [3.8, 4) is 5.75 Å². The van der Waals surface area contributed by atoms with E-state index in [1.54, 1.807) is 12.4 Å². The van der Waals surface area contributed by atoms with E-state index in [4.69, 9.17) is 4.74 Å². The van der Waals surface area contributed by atoms with Crippen molar-refractivity contribution in [3.05, 3.63) is 113 Å². The van der Waals surface area contributed by atoms with Gasteiger partial charge in [0.05, 0.1) is 5.70 Å². The molecule has 2 aliphatic heterocycles. The van der Waals surface area contributed by atoms with E-state index in [0.29, 0.717) is 5.95 Å². The van der Waals surface area contributed by atoms with E-state index in [-0.39, 0.29) is 11.9 Å². The van der Waals surface area contributed by atoms with Crippen LogP contribution >= 0.6 is 0 Å². The zero-order valence-electron chi connectivity index (χ0n) is 16.8. The summed E-state index contributed by atoms with van der Waals surface area (Å²) >= 11 is 0. The maximum atomic E-state index is 14.2. The Bertz CT molecular complexity index is 1330. The smallest absolute Gasteiger partial charge is 0.226 e. The molecule has 6 rings (SSSR count). The van der Waals surface area contributed by atoms with E-state index in [1.165, 1.54) is 12.1 Å². The first-order valence-electron chi connectivity index (χ1n) is 10.2. The number of aryl methyl sites for hydroxylation is 1. The minimum Gasteiger partial charge on any atom is -0.480 e. The third-order valence-electron chi connectivity index (χ3n) is 5.84. The number of nitrogens with zero attached hydrogens (tertiary/aromatic N) is 3. The van der Waals surface area contributed by atoms with Crippen LogP contribution in [-0.4, -0.2) is 14.8 Å². The molecule has 0 fully saturated rings. The Morgan fingerprint density at radius 1 is 0.968 bits per heavy atom. The van der Waals surface area contributed by atoms with Crippen LogP contribution in [-0.2, 0) is 0 Å². The highest BCUT2D eigenvalue weighted by molar-refractivity contribution is 5.85. The van der Waals surface area contributed by atoms with Crippen LogP contribution in [0.5, 0.6) is 5.75 Å². The highest BCUT2D eigenvalue weighted by atomic mass is 19.1. The average Bonchev–Trinajstić information content (AvgIpc) is 3.26. The normalized spacial score (nSPS) is 19.0. The van der Waals surface area contributed by atoms with Crippen LogP contribution in [0, 0.1) is 12.7 Å². The van der Waals surface area contributed by atoms with Crippen LogP contribution in [0.25, 0.3) is 5.70 Å². The highest BCUT2D eigenvalue weighted by Crippen LogP contribution is 2.50. The fourth-order valence-electron chi connectivity index (χ4n) is 4.48. The molecule has 0 unspecified atom stereocenters. The summed E-state index contributed by atoms with van der Waals surface area (Å²) in [7, 11) is 0. The van der Waals surface area contributed by atoms with Gasteiger partial charge in [-0.2, -0.15) is 10.1 Å². The fourth-order valence-corrected chi connectivity index (χ4v) is 4.48. The molecule has 0 saturated carbocycles. The predicted octanol–water partition coefficient (Wildman–Crippen LogP) is 5.29. The Labute approximate surface area is 178 Å². The monoisotopic (exact) mass is 410 g/mol. The first kappa shape index (κ1) is 17.9. The summed E-state index contributed by atoms with van der Waals surface area (Å²) in [6.07, 6.45) is 1.07. The summed E-state index contributed by atoms with van der Waals surface area (Å²) < 4.78 is 22.6. The van der Waals surface area contributed by atoms with E-state index in [1.807, 2.05) is 41.1 Å². The molecule has 152 valence electrons. The number of anilines is 1. The number of fused-ring (bicyclic) bond motifs is 3. The number of hydrogen-bond donors (Lipinski definition) is 1. The number of hydrogen-bond acceptors (Lipinski definition) is 4. The van der Waals surface area contributed by atoms with Crippen molar-refractivity contribution in [3.63, 3.8) is 0 Å². The lowest BCUT2D eigenvalue weighted by Gasteiger charge is -2.39. The average molecular weight is 410 g/mol. The van der Waals surface area contributed by atoms with E-state index < -0.39 is 6.10 Å². The molecule has 0 spiro atoms. The number of aromatic nitrogens is 3. The minimum absolute atomic E-state index is 0.239. The van der Waals surface area contributed by atoms with Crippen molar-refractivity contribution in [2.45, 2.75) is 19.1 Å². The first-order valence-corrected chi connectivity index (χ1v) is 10.2. The number of benzene rings is 3. The Morgan fingerprint density at radius 2 is 1.81 bits per heavy atom. The topological polar surface area (TPSA) is 52.0 Å². The molecule has 4 aromatic rings. The first-order chi connectivity index (χ1) is 15.2. The molecule has 0 saturated heterocycles. The maximum Gasteiger partial charge on any atom is 0.226 e. The van der Waals surface area contributed by atoms with Gasteiger partial charge in [-0.15, -0.1) is 0 Å². The fraction of sp³-hybridized carbons (Fsp3) is 0.120. The number of ether oxygens (including phenoxy) is 1. The van der Waals surface area contributed by atoms with Crippen LogP contribution in [0.2, 0.25) is 0 Å². The SMILES string of the molecule is Cc1ccc2c(c1)C1=C([C@H](c3ccccc3)n3ncnc3N1)[C@@H](c1cccc(F)c1)O2. The molecule has 6 heteroatoms. The maximum absolute atomic E-state index is 14.2. The Balaban J connectivity index is 1.65. The molecule has 0 radical (unpaired) electrons. The van der Waals surface area contributed by atoms with Crippen LogP contribution in [0.15, 0.2) is 84.7 Å². The molecular formula is C25H19FN4O. The molecule has 3 aromatic carbocycles. The summed E-state index contributed by atoms with van der Waals surface area (Å²) in [4.78, 5) is 4.44. The lowest BCUT2D eigenvalue weighted by Crippen LogP contribution is -2.32. The van der Waals surface area contributed by atoms with Gasteiger partial charge in [-0.05, 0) is 42.3 Å². The van der Waals surface area contributed by atoms with Crippen molar-refractivity contribution >= 4 is 11.6 Å². The van der Waals surface area contributed by atoms with Crippen molar-refractivity contribution in [2.75, 3.05) is 5.32 Å². The largest absolute Gasteiger partial charge is 0.480 e. The van der Waals surface area contributed by atoms with Gasteiger partial charge in [0.25, 0.3) is 0 Å². The van der Waals surface area contributed by atoms with Gasteiger partial charge in [0.2, 0.25) is 5.95 Å². The zero-order chi connectivity index (χ0) is 20.9. The summed E-state index contributed by atoms with van der Waals surface area (Å²) in [5, 5.41) is 7.98. The van der Waals surface area contributed by atoms with Gasteiger partial charge in [0.1, 0.15) is 30.0 Å². The van der Waals surface area contributed by atoms with Gasteiger partial charge in [0.15, 0.2) is 0 Å². The molecule has 0 amide bonds. The molecule has 1 aromatic heterocycles. The lowest BCUT2D eigenvalue weighted by atomic mass is 9.84. The summed E-state index contributed by atoms with van der Waals surface area (Å²) in [5.74, 6) is 1.13. The second-order valence-electron chi connectivity index (χ2n) is 7.85. The molecule has 0 aliphatic carbocycles. The summed E-state index contributed by atoms with van der Waals surface area (Å²) in [6, 6.07) is 22.6. The van der Waals surface area contributed by atoms with E-state index >= 15 is 0 Å². The second-order valence-corrected chi connectivity index (χ2v) is 7.85. The predicted molar refractivity (Wildman–Crippen MR) is 116 cm³/mol. The van der Waals surface area contributed by atoms with Gasteiger partial charge in [0, 0.05) is 11.1 Å². The lowest BCUT2D eigenvalue weighted by molar-refractivity contribution is 0.222. The molecule has 5 nitrogen and oxygen atoms in total. The summed E-state index contributed by atoms with van der Waals surface area (Å²) in [5.41, 5.74) is 5.83. The number of rotatable bonds is 2. The Kier molecular flexibility index (Phi) is 3.93. The molecule has 2 atom stereocenters. The standard InChI is InChI=1S/C25H19FN4O/c1-15-10-11-20-19(12-15)22-21(24(31-20)17-8-5-9-18(26)13-17)23(16-6-3-2-4-7-16)30-25(29-22)27-14-28-30/h2-14,23-24H,1H3,(H,27,28,29)/t23-,24+/m0/s1.